The van der Waals surface area contributed by atoms with Gasteiger partial charge in [0.2, 0.25) is 0 Å². The van der Waals surface area contributed by atoms with Crippen molar-refractivity contribution in [3.63, 3.8) is 0 Å². The van der Waals surface area contributed by atoms with E-state index in [9.17, 15) is 19.8 Å². The predicted octanol–water partition coefficient (Wildman–Crippen LogP) is 1.24. The third kappa shape index (κ3) is 1.70. The first-order chi connectivity index (χ1) is 10.6. The highest BCUT2D eigenvalue weighted by Crippen LogP contribution is 2.52. The second-order valence-electron chi connectivity index (χ2n) is 5.98. The van der Waals surface area contributed by atoms with E-state index in [1.807, 2.05) is 12.2 Å². The SMILES string of the molecule is O=C1[C@@H]2[C@@H](C(=O)N1/N=C\c1ccc(O)c(O)c1)[C@H]1C=C[C@H]2C1. The summed E-state index contributed by atoms with van der Waals surface area (Å²) >= 11 is 0. The average molecular weight is 298 g/mol. The van der Waals surface area contributed by atoms with Crippen molar-refractivity contribution in [1.82, 2.24) is 5.01 Å². The second kappa shape index (κ2) is 4.43. The Bertz CT molecular complexity index is 710. The van der Waals surface area contributed by atoms with Crippen molar-refractivity contribution in [3.05, 3.63) is 35.9 Å². The lowest BCUT2D eigenvalue weighted by atomic mass is 9.85. The van der Waals surface area contributed by atoms with E-state index < -0.39 is 0 Å². The maximum absolute atomic E-state index is 12.4. The molecule has 0 aromatic heterocycles. The summed E-state index contributed by atoms with van der Waals surface area (Å²) in [7, 11) is 0. The summed E-state index contributed by atoms with van der Waals surface area (Å²) in [5.74, 6) is -1.23. The van der Waals surface area contributed by atoms with E-state index in [1.165, 1.54) is 24.4 Å². The molecule has 0 radical (unpaired) electrons. The molecule has 2 amide bonds. The number of carbonyl (C=O) groups excluding carboxylic acids is 2. The lowest BCUT2D eigenvalue weighted by Gasteiger charge is -2.13. The third-order valence-corrected chi connectivity index (χ3v) is 4.77. The van der Waals surface area contributed by atoms with Gasteiger partial charge in [-0.25, -0.2) is 0 Å². The first-order valence-corrected chi connectivity index (χ1v) is 7.18. The molecule has 3 aliphatic rings. The van der Waals surface area contributed by atoms with Crippen LogP contribution in [0.15, 0.2) is 35.5 Å². The fourth-order valence-corrected chi connectivity index (χ4v) is 3.75. The number of rotatable bonds is 2. The van der Waals surface area contributed by atoms with Gasteiger partial charge in [-0.2, -0.15) is 10.1 Å². The van der Waals surface area contributed by atoms with Crippen LogP contribution in [0.3, 0.4) is 0 Å². The topological polar surface area (TPSA) is 90.2 Å². The molecule has 2 bridgehead atoms. The number of imide groups is 1. The number of hydrogen-bond donors (Lipinski definition) is 2. The van der Waals surface area contributed by atoms with Gasteiger partial charge < -0.3 is 10.2 Å². The standard InChI is InChI=1S/C16H14N2O4/c19-11-4-1-8(5-12(11)20)7-17-18-15(21)13-9-2-3-10(6-9)14(13)16(18)22/h1-5,7,9-10,13-14,19-20H,6H2/b17-7-/t9-,10-,13-,14-/m0/s1. The Morgan fingerprint density at radius 1 is 1.05 bits per heavy atom. The Morgan fingerprint density at radius 3 is 2.27 bits per heavy atom. The van der Waals surface area contributed by atoms with E-state index in [4.69, 9.17) is 0 Å². The summed E-state index contributed by atoms with van der Waals surface area (Å²) < 4.78 is 0. The molecular formula is C16H14N2O4. The quantitative estimate of drug-likeness (QED) is 0.372. The molecule has 1 heterocycles. The van der Waals surface area contributed by atoms with Gasteiger partial charge in [0.15, 0.2) is 11.5 Å². The molecule has 2 fully saturated rings. The maximum Gasteiger partial charge on any atom is 0.254 e. The fraction of sp³-hybridized carbons (Fsp3) is 0.312. The van der Waals surface area contributed by atoms with Crippen molar-refractivity contribution in [2.24, 2.45) is 28.8 Å². The van der Waals surface area contributed by atoms with Crippen LogP contribution in [-0.2, 0) is 9.59 Å². The van der Waals surface area contributed by atoms with Crippen LogP contribution in [0, 0.1) is 23.7 Å². The highest BCUT2D eigenvalue weighted by molar-refractivity contribution is 6.06. The number of phenols is 2. The van der Waals surface area contributed by atoms with E-state index in [0.29, 0.717) is 5.56 Å². The van der Waals surface area contributed by atoms with Crippen molar-refractivity contribution >= 4 is 18.0 Å². The molecule has 1 aliphatic heterocycles. The molecule has 0 spiro atoms. The molecule has 1 aromatic carbocycles. The summed E-state index contributed by atoms with van der Waals surface area (Å²) in [5.41, 5.74) is 0.494. The molecular weight excluding hydrogens is 284 g/mol. The number of nitrogens with zero attached hydrogens (tertiary/aromatic N) is 2. The zero-order chi connectivity index (χ0) is 15.4. The van der Waals surface area contributed by atoms with Gasteiger partial charge in [-0.05, 0) is 42.0 Å². The number of amides is 2. The van der Waals surface area contributed by atoms with E-state index in [-0.39, 0.29) is 47.0 Å². The molecule has 112 valence electrons. The minimum atomic E-state index is -0.276. The molecule has 0 unspecified atom stereocenters. The third-order valence-electron chi connectivity index (χ3n) is 4.77. The highest BCUT2D eigenvalue weighted by Gasteiger charge is 2.59. The summed E-state index contributed by atoms with van der Waals surface area (Å²) in [6.07, 6.45) is 6.28. The van der Waals surface area contributed by atoms with Gasteiger partial charge in [0, 0.05) is 0 Å². The van der Waals surface area contributed by atoms with Crippen molar-refractivity contribution in [2.45, 2.75) is 6.42 Å². The molecule has 4 rings (SSSR count). The Kier molecular flexibility index (Phi) is 2.63. The zero-order valence-corrected chi connectivity index (χ0v) is 11.6. The Labute approximate surface area is 126 Å². The number of aromatic hydroxyl groups is 2. The normalized spacial score (nSPS) is 32.5. The van der Waals surface area contributed by atoms with Crippen LogP contribution < -0.4 is 0 Å². The summed E-state index contributed by atoms with van der Waals surface area (Å²) in [6, 6.07) is 4.18. The minimum absolute atomic E-state index is 0.157. The van der Waals surface area contributed by atoms with Gasteiger partial charge in [-0.3, -0.25) is 9.59 Å². The first-order valence-electron chi connectivity index (χ1n) is 7.18. The summed E-state index contributed by atoms with van der Waals surface area (Å²) in [6.45, 7) is 0. The van der Waals surface area contributed by atoms with Crippen LogP contribution in [0.5, 0.6) is 11.5 Å². The number of hydrogen-bond acceptors (Lipinski definition) is 5. The monoisotopic (exact) mass is 298 g/mol. The maximum atomic E-state index is 12.4. The van der Waals surface area contributed by atoms with Crippen LogP contribution in [0.25, 0.3) is 0 Å². The Morgan fingerprint density at radius 2 is 1.68 bits per heavy atom. The van der Waals surface area contributed by atoms with E-state index in [1.54, 1.807) is 0 Å². The van der Waals surface area contributed by atoms with Crippen LogP contribution in [-0.4, -0.2) is 33.3 Å². The Balaban J connectivity index is 1.59. The van der Waals surface area contributed by atoms with Crippen LogP contribution >= 0.6 is 0 Å². The summed E-state index contributed by atoms with van der Waals surface area (Å²) in [5, 5.41) is 23.6. The number of benzene rings is 1. The molecule has 6 nitrogen and oxygen atoms in total. The largest absolute Gasteiger partial charge is 0.504 e. The van der Waals surface area contributed by atoms with Gasteiger partial charge in [0.25, 0.3) is 11.8 Å². The number of hydrazone groups is 1. The van der Waals surface area contributed by atoms with Crippen LogP contribution in [0.1, 0.15) is 12.0 Å². The van der Waals surface area contributed by atoms with E-state index >= 15 is 0 Å². The number of carbonyl (C=O) groups is 2. The fourth-order valence-electron chi connectivity index (χ4n) is 3.75. The average Bonchev–Trinajstić information content (AvgIpc) is 3.16. The number of allylic oxidation sites excluding steroid dienone is 2. The molecule has 1 aromatic rings. The van der Waals surface area contributed by atoms with Crippen molar-refractivity contribution in [2.75, 3.05) is 0 Å². The van der Waals surface area contributed by atoms with Crippen LogP contribution in [0.2, 0.25) is 0 Å². The van der Waals surface area contributed by atoms with Crippen molar-refractivity contribution < 1.29 is 19.8 Å². The molecule has 1 saturated heterocycles. The Hall–Kier alpha value is -2.63. The van der Waals surface area contributed by atoms with Gasteiger partial charge >= 0.3 is 0 Å². The second-order valence-corrected chi connectivity index (χ2v) is 5.98. The lowest BCUT2D eigenvalue weighted by molar-refractivity contribution is -0.140. The molecule has 2 aliphatic carbocycles. The lowest BCUT2D eigenvalue weighted by Crippen LogP contribution is -2.28. The van der Waals surface area contributed by atoms with Gasteiger partial charge in [-0.15, -0.1) is 0 Å². The molecule has 4 atom stereocenters. The van der Waals surface area contributed by atoms with Gasteiger partial charge in [-0.1, -0.05) is 12.2 Å². The van der Waals surface area contributed by atoms with Crippen molar-refractivity contribution in [1.29, 1.82) is 0 Å². The smallest absolute Gasteiger partial charge is 0.254 e. The van der Waals surface area contributed by atoms with Gasteiger partial charge in [0.05, 0.1) is 18.1 Å². The molecule has 1 saturated carbocycles. The molecule has 6 heteroatoms. The summed E-state index contributed by atoms with van der Waals surface area (Å²) in [4.78, 5) is 24.8. The molecule has 2 N–H and O–H groups in total. The number of fused-ring (bicyclic) bond motifs is 5. The van der Waals surface area contributed by atoms with E-state index in [0.717, 1.165) is 11.4 Å². The van der Waals surface area contributed by atoms with Crippen LogP contribution in [0.4, 0.5) is 0 Å². The zero-order valence-electron chi connectivity index (χ0n) is 11.6. The first kappa shape index (κ1) is 13.1. The van der Waals surface area contributed by atoms with Crippen molar-refractivity contribution in [3.8, 4) is 11.5 Å². The molecule has 22 heavy (non-hydrogen) atoms. The van der Waals surface area contributed by atoms with Gasteiger partial charge in [0.1, 0.15) is 0 Å². The van der Waals surface area contributed by atoms with E-state index in [2.05, 4.69) is 5.10 Å². The number of phenolic OH excluding ortho intramolecular Hbond substituents is 2. The predicted molar refractivity (Wildman–Crippen MR) is 76.9 cm³/mol. The minimum Gasteiger partial charge on any atom is -0.504 e. The highest BCUT2D eigenvalue weighted by atomic mass is 16.3.